The van der Waals surface area contributed by atoms with Gasteiger partial charge in [-0.05, 0) is 38.1 Å². The number of nitrogens with two attached hydrogens (primary N) is 1. The van der Waals surface area contributed by atoms with Crippen molar-refractivity contribution in [1.29, 1.82) is 5.41 Å². The van der Waals surface area contributed by atoms with Crippen LogP contribution in [0.3, 0.4) is 0 Å². The number of aromatic nitrogens is 1. The van der Waals surface area contributed by atoms with Gasteiger partial charge in [-0.3, -0.25) is 9.36 Å². The number of nitrogens with zero attached hydrogens (tertiary/aromatic N) is 1. The second kappa shape index (κ2) is 6.35. The maximum atomic E-state index is 12.9. The highest BCUT2D eigenvalue weighted by atomic mass is 19.4. The Labute approximate surface area is 136 Å². The molecule has 0 aliphatic carbocycles. The fourth-order valence-electron chi connectivity index (χ4n) is 2.41. The van der Waals surface area contributed by atoms with Gasteiger partial charge in [0.25, 0.3) is 5.56 Å². The first-order chi connectivity index (χ1) is 11.1. The number of rotatable bonds is 3. The largest absolute Gasteiger partial charge is 0.416 e. The predicted molar refractivity (Wildman–Crippen MR) is 87.2 cm³/mol. The summed E-state index contributed by atoms with van der Waals surface area (Å²) in [7, 11) is 0. The lowest BCUT2D eigenvalue weighted by molar-refractivity contribution is -0.137. The van der Waals surface area contributed by atoms with Crippen LogP contribution in [0.5, 0.6) is 0 Å². The molecule has 0 atom stereocenters. The van der Waals surface area contributed by atoms with Crippen molar-refractivity contribution in [1.82, 2.24) is 4.57 Å². The van der Waals surface area contributed by atoms with Crippen molar-refractivity contribution < 1.29 is 13.2 Å². The molecule has 0 radical (unpaired) electrons. The molecule has 3 N–H and O–H groups in total. The molecule has 7 heteroatoms. The summed E-state index contributed by atoms with van der Waals surface area (Å²) in [6, 6.07) is 7.23. The Morgan fingerprint density at radius 1 is 1.17 bits per heavy atom. The summed E-state index contributed by atoms with van der Waals surface area (Å²) >= 11 is 0. The number of alkyl halides is 3. The number of hydrogen-bond donors (Lipinski definition) is 2. The average molecular weight is 335 g/mol. The molecule has 2 rings (SSSR count). The molecule has 0 spiro atoms. The Hall–Kier alpha value is -2.83. The smallest absolute Gasteiger partial charge is 0.402 e. The molecule has 0 saturated heterocycles. The normalized spacial score (nSPS) is 12.7. The highest BCUT2D eigenvalue weighted by Crippen LogP contribution is 2.30. The van der Waals surface area contributed by atoms with Gasteiger partial charge in [0.15, 0.2) is 0 Å². The molecular weight excluding hydrogens is 319 g/mol. The lowest BCUT2D eigenvalue weighted by atomic mass is 10.0. The van der Waals surface area contributed by atoms with Crippen LogP contribution in [0.4, 0.5) is 13.2 Å². The maximum absolute atomic E-state index is 12.9. The molecule has 0 aliphatic heterocycles. The molecule has 0 bridgehead atoms. The van der Waals surface area contributed by atoms with Gasteiger partial charge in [-0.25, -0.2) is 0 Å². The minimum atomic E-state index is -4.50. The molecule has 24 heavy (non-hydrogen) atoms. The van der Waals surface area contributed by atoms with Crippen LogP contribution >= 0.6 is 0 Å². The summed E-state index contributed by atoms with van der Waals surface area (Å²) in [5, 5.41) is 7.79. The average Bonchev–Trinajstić information content (AvgIpc) is 2.47. The topological polar surface area (TPSA) is 71.9 Å². The number of halogens is 3. The Kier molecular flexibility index (Phi) is 4.64. The fourth-order valence-corrected chi connectivity index (χ4v) is 2.41. The van der Waals surface area contributed by atoms with Crippen LogP contribution in [0.15, 0.2) is 53.1 Å². The van der Waals surface area contributed by atoms with Gasteiger partial charge in [-0.1, -0.05) is 6.07 Å². The summed E-state index contributed by atoms with van der Waals surface area (Å²) in [6.45, 7) is 3.17. The Balaban J connectivity index is 2.65. The van der Waals surface area contributed by atoms with E-state index < -0.39 is 17.3 Å². The zero-order valence-electron chi connectivity index (χ0n) is 13.1. The van der Waals surface area contributed by atoms with Gasteiger partial charge in [0.1, 0.15) is 0 Å². The summed E-state index contributed by atoms with van der Waals surface area (Å²) in [5.74, 6) is 0. The van der Waals surface area contributed by atoms with Gasteiger partial charge in [0.2, 0.25) is 0 Å². The van der Waals surface area contributed by atoms with E-state index in [9.17, 15) is 18.0 Å². The monoisotopic (exact) mass is 335 g/mol. The minimum Gasteiger partial charge on any atom is -0.402 e. The fraction of sp³-hybridized carbons (Fsp3) is 0.176. The van der Waals surface area contributed by atoms with Gasteiger partial charge >= 0.3 is 6.18 Å². The summed E-state index contributed by atoms with van der Waals surface area (Å²) in [6.07, 6.45) is -3.11. The molecular formula is C17H16F3N3O. The third kappa shape index (κ3) is 3.56. The van der Waals surface area contributed by atoms with Crippen molar-refractivity contribution in [3.8, 4) is 5.69 Å². The molecule has 4 nitrogen and oxygen atoms in total. The molecule has 1 heterocycles. The number of allylic oxidation sites excluding steroid dienone is 2. The number of pyridine rings is 1. The van der Waals surface area contributed by atoms with Gasteiger partial charge in [-0.15, -0.1) is 0 Å². The molecule has 0 amide bonds. The molecule has 126 valence electrons. The van der Waals surface area contributed by atoms with Gasteiger partial charge < -0.3 is 11.1 Å². The van der Waals surface area contributed by atoms with Crippen LogP contribution in [0.2, 0.25) is 0 Å². The highest BCUT2D eigenvalue weighted by Gasteiger charge is 2.30. The molecule has 0 saturated carbocycles. The number of nitrogens with one attached hydrogen (secondary N) is 1. The third-order valence-corrected chi connectivity index (χ3v) is 3.42. The highest BCUT2D eigenvalue weighted by molar-refractivity contribution is 6.21. The number of benzene rings is 1. The number of hydrogen-bond acceptors (Lipinski definition) is 3. The SMILES string of the molecule is CC(=N)/C(=C(/C)N)c1ccc(=O)n(-c2cccc(C(F)(F)F)c2)c1. The molecule has 0 unspecified atom stereocenters. The van der Waals surface area contributed by atoms with E-state index in [4.69, 9.17) is 11.1 Å². The van der Waals surface area contributed by atoms with E-state index in [1.165, 1.54) is 30.5 Å². The van der Waals surface area contributed by atoms with Crippen molar-refractivity contribution in [3.05, 3.63) is 69.8 Å². The first-order valence-corrected chi connectivity index (χ1v) is 7.04. The van der Waals surface area contributed by atoms with Crippen molar-refractivity contribution in [3.63, 3.8) is 0 Å². The van der Waals surface area contributed by atoms with Crippen LogP contribution in [-0.2, 0) is 6.18 Å². The lowest BCUT2D eigenvalue weighted by Crippen LogP contribution is -2.19. The molecule has 0 fully saturated rings. The predicted octanol–water partition coefficient (Wildman–Crippen LogP) is 3.59. The van der Waals surface area contributed by atoms with Crippen LogP contribution in [0.25, 0.3) is 11.3 Å². The van der Waals surface area contributed by atoms with E-state index in [0.29, 0.717) is 16.8 Å². The first-order valence-electron chi connectivity index (χ1n) is 7.04. The van der Waals surface area contributed by atoms with E-state index >= 15 is 0 Å². The third-order valence-electron chi connectivity index (χ3n) is 3.42. The van der Waals surface area contributed by atoms with E-state index in [2.05, 4.69) is 0 Å². The molecule has 0 aliphatic rings. The zero-order chi connectivity index (χ0) is 18.1. The quantitative estimate of drug-likeness (QED) is 0.842. The van der Waals surface area contributed by atoms with Crippen molar-refractivity contribution in [2.24, 2.45) is 5.73 Å². The summed E-state index contributed by atoms with van der Waals surface area (Å²) in [5.41, 5.74) is 6.06. The van der Waals surface area contributed by atoms with Crippen molar-refractivity contribution >= 4 is 11.3 Å². The Bertz CT molecular complexity index is 875. The van der Waals surface area contributed by atoms with E-state index in [1.54, 1.807) is 13.8 Å². The van der Waals surface area contributed by atoms with Crippen LogP contribution < -0.4 is 11.3 Å². The van der Waals surface area contributed by atoms with Gasteiger partial charge in [0.05, 0.1) is 5.56 Å². The van der Waals surface area contributed by atoms with Crippen molar-refractivity contribution in [2.45, 2.75) is 20.0 Å². The Morgan fingerprint density at radius 3 is 2.38 bits per heavy atom. The Morgan fingerprint density at radius 2 is 1.83 bits per heavy atom. The van der Waals surface area contributed by atoms with Crippen LogP contribution in [0, 0.1) is 5.41 Å². The van der Waals surface area contributed by atoms with E-state index in [1.807, 2.05) is 0 Å². The summed E-state index contributed by atoms with van der Waals surface area (Å²) < 4.78 is 39.7. The zero-order valence-corrected chi connectivity index (χ0v) is 13.1. The van der Waals surface area contributed by atoms with Gasteiger partial charge in [-0.2, -0.15) is 13.2 Å². The standard InChI is InChI=1S/C17H16F3N3O/c1-10(21)16(11(2)22)12-6-7-15(24)23(9-12)14-5-3-4-13(8-14)17(18,19)20/h3-9,21H,22H2,1-2H3/b16-11+,21-10?. The van der Waals surface area contributed by atoms with Crippen LogP contribution in [-0.4, -0.2) is 10.3 Å². The second-order valence-corrected chi connectivity index (χ2v) is 5.36. The second-order valence-electron chi connectivity index (χ2n) is 5.36. The van der Waals surface area contributed by atoms with Crippen molar-refractivity contribution in [2.75, 3.05) is 0 Å². The van der Waals surface area contributed by atoms with Gasteiger partial charge in [0, 0.05) is 40.5 Å². The minimum absolute atomic E-state index is 0.0910. The summed E-state index contributed by atoms with van der Waals surface area (Å²) in [4.78, 5) is 12.1. The van der Waals surface area contributed by atoms with E-state index in [0.717, 1.165) is 16.7 Å². The molecule has 1 aromatic carbocycles. The lowest BCUT2D eigenvalue weighted by Gasteiger charge is -2.13. The first kappa shape index (κ1) is 17.5. The van der Waals surface area contributed by atoms with E-state index in [-0.39, 0.29) is 11.4 Å². The molecule has 2 aromatic rings. The van der Waals surface area contributed by atoms with Crippen LogP contribution in [0.1, 0.15) is 25.0 Å². The molecule has 1 aromatic heterocycles. The maximum Gasteiger partial charge on any atom is 0.416 e.